The minimum absolute atomic E-state index is 0.00715. The molecule has 0 radical (unpaired) electrons. The molecular formula is C24H20FNO6. The van der Waals surface area contributed by atoms with Crippen LogP contribution in [0.15, 0.2) is 70.9 Å². The van der Waals surface area contributed by atoms with E-state index in [4.69, 9.17) is 13.9 Å². The van der Waals surface area contributed by atoms with E-state index in [9.17, 15) is 19.1 Å². The summed E-state index contributed by atoms with van der Waals surface area (Å²) in [6.07, 6.45) is 1.46. The number of aliphatic hydroxyl groups excluding tert-OH is 1. The molecule has 1 aromatic heterocycles. The first-order valence-corrected chi connectivity index (χ1v) is 9.73. The first-order valence-electron chi connectivity index (χ1n) is 9.73. The van der Waals surface area contributed by atoms with E-state index < -0.39 is 29.3 Å². The van der Waals surface area contributed by atoms with Crippen LogP contribution in [-0.2, 0) is 16.1 Å². The third kappa shape index (κ3) is 3.71. The molecule has 0 aliphatic carbocycles. The zero-order chi connectivity index (χ0) is 22.8. The Morgan fingerprint density at radius 3 is 2.56 bits per heavy atom. The van der Waals surface area contributed by atoms with Gasteiger partial charge in [0.25, 0.3) is 11.7 Å². The molecule has 1 N–H and O–H groups in total. The number of methoxy groups -OCH3 is 2. The van der Waals surface area contributed by atoms with Gasteiger partial charge >= 0.3 is 0 Å². The summed E-state index contributed by atoms with van der Waals surface area (Å²) in [7, 11) is 2.82. The van der Waals surface area contributed by atoms with E-state index in [0.29, 0.717) is 17.1 Å². The molecule has 1 saturated heterocycles. The summed E-state index contributed by atoms with van der Waals surface area (Å²) in [5.74, 6) is -1.90. The Hall–Kier alpha value is -4.07. The molecule has 1 unspecified atom stereocenters. The average Bonchev–Trinajstić information content (AvgIpc) is 3.41. The second-order valence-corrected chi connectivity index (χ2v) is 7.13. The van der Waals surface area contributed by atoms with Crippen LogP contribution in [-0.4, -0.2) is 35.9 Å². The van der Waals surface area contributed by atoms with Gasteiger partial charge in [-0.2, -0.15) is 0 Å². The second-order valence-electron chi connectivity index (χ2n) is 7.13. The van der Waals surface area contributed by atoms with Crippen LogP contribution in [0.4, 0.5) is 4.39 Å². The smallest absolute Gasteiger partial charge is 0.296 e. The van der Waals surface area contributed by atoms with E-state index in [2.05, 4.69) is 0 Å². The van der Waals surface area contributed by atoms with Gasteiger partial charge in [-0.3, -0.25) is 9.59 Å². The van der Waals surface area contributed by atoms with Gasteiger partial charge in [-0.1, -0.05) is 12.1 Å². The summed E-state index contributed by atoms with van der Waals surface area (Å²) >= 11 is 0. The van der Waals surface area contributed by atoms with Crippen LogP contribution in [0.1, 0.15) is 22.9 Å². The molecule has 2 heterocycles. The van der Waals surface area contributed by atoms with Gasteiger partial charge in [-0.15, -0.1) is 0 Å². The van der Waals surface area contributed by atoms with Gasteiger partial charge in [0.1, 0.15) is 17.3 Å². The van der Waals surface area contributed by atoms with Gasteiger partial charge in [0, 0.05) is 5.56 Å². The Bertz CT molecular complexity index is 1200. The molecule has 32 heavy (non-hydrogen) atoms. The maximum Gasteiger partial charge on any atom is 0.296 e. The lowest BCUT2D eigenvalue weighted by molar-refractivity contribution is -0.140. The summed E-state index contributed by atoms with van der Waals surface area (Å²) in [5.41, 5.74) is 0.442. The molecule has 3 aromatic rings. The number of halogens is 1. The molecule has 1 amide bonds. The third-order valence-corrected chi connectivity index (χ3v) is 5.28. The highest BCUT2D eigenvalue weighted by Crippen LogP contribution is 2.41. The predicted molar refractivity (Wildman–Crippen MR) is 113 cm³/mol. The quantitative estimate of drug-likeness (QED) is 0.355. The largest absolute Gasteiger partial charge is 0.507 e. The van der Waals surface area contributed by atoms with Crippen molar-refractivity contribution in [1.29, 1.82) is 0 Å². The second kappa shape index (κ2) is 8.58. The minimum Gasteiger partial charge on any atom is -0.507 e. The van der Waals surface area contributed by atoms with E-state index in [1.165, 1.54) is 37.5 Å². The van der Waals surface area contributed by atoms with E-state index in [0.717, 1.165) is 6.07 Å². The fraction of sp³-hybridized carbons (Fsp3) is 0.167. The number of benzene rings is 2. The zero-order valence-electron chi connectivity index (χ0n) is 17.4. The molecule has 1 fully saturated rings. The number of aliphatic hydroxyl groups is 1. The number of ketones is 1. The van der Waals surface area contributed by atoms with Gasteiger partial charge in [0.05, 0.1) is 38.6 Å². The van der Waals surface area contributed by atoms with E-state index in [1.807, 2.05) is 0 Å². The number of carbonyl (C=O) groups excluding carboxylic acids is 2. The number of likely N-dealkylation sites (tertiary alicyclic amines) is 1. The molecule has 7 nitrogen and oxygen atoms in total. The highest BCUT2D eigenvalue weighted by Gasteiger charge is 2.46. The number of rotatable bonds is 6. The standard InChI is InChI=1S/C24H20FNO6/c1-30-16-6-3-5-14(11-16)21-20(22(27)15-8-9-19(31-2)18(25)12-15)23(28)24(29)26(21)13-17-7-4-10-32-17/h3-12,21,27H,13H2,1-2H3/b22-20-. The van der Waals surface area contributed by atoms with E-state index >= 15 is 0 Å². The minimum atomic E-state index is -0.930. The lowest BCUT2D eigenvalue weighted by Crippen LogP contribution is -2.29. The lowest BCUT2D eigenvalue weighted by atomic mass is 9.95. The fourth-order valence-corrected chi connectivity index (χ4v) is 3.74. The molecule has 164 valence electrons. The molecule has 0 spiro atoms. The number of amides is 1. The van der Waals surface area contributed by atoms with Crippen LogP contribution in [0, 0.1) is 5.82 Å². The monoisotopic (exact) mass is 437 g/mol. The summed E-state index contributed by atoms with van der Waals surface area (Å²) in [4.78, 5) is 27.3. The van der Waals surface area contributed by atoms with Crippen LogP contribution < -0.4 is 9.47 Å². The summed E-state index contributed by atoms with van der Waals surface area (Å²) < 4.78 is 29.8. The van der Waals surface area contributed by atoms with Gasteiger partial charge in [0.15, 0.2) is 11.6 Å². The van der Waals surface area contributed by atoms with Gasteiger partial charge in [0.2, 0.25) is 0 Å². The zero-order valence-corrected chi connectivity index (χ0v) is 17.4. The Balaban J connectivity index is 1.88. The summed E-state index contributed by atoms with van der Waals surface area (Å²) in [6.45, 7) is 0.00715. The van der Waals surface area contributed by atoms with Crippen molar-refractivity contribution in [1.82, 2.24) is 4.90 Å². The average molecular weight is 437 g/mol. The summed E-state index contributed by atoms with van der Waals surface area (Å²) in [5, 5.41) is 11.0. The molecule has 1 aliphatic heterocycles. The number of Topliss-reactive ketones (excluding diaryl/α,β-unsaturated/α-hetero) is 1. The van der Waals surface area contributed by atoms with E-state index in [-0.39, 0.29) is 23.4 Å². The van der Waals surface area contributed by atoms with Crippen LogP contribution in [0.5, 0.6) is 11.5 Å². The van der Waals surface area contributed by atoms with Crippen LogP contribution in [0.25, 0.3) is 5.76 Å². The Morgan fingerprint density at radius 1 is 1.09 bits per heavy atom. The molecule has 2 aromatic carbocycles. The highest BCUT2D eigenvalue weighted by atomic mass is 19.1. The number of carbonyl (C=O) groups is 2. The number of ether oxygens (including phenoxy) is 2. The van der Waals surface area contributed by atoms with Crippen molar-refractivity contribution in [3.8, 4) is 11.5 Å². The van der Waals surface area contributed by atoms with Gasteiger partial charge < -0.3 is 23.9 Å². The maximum atomic E-state index is 14.3. The highest BCUT2D eigenvalue weighted by molar-refractivity contribution is 6.46. The molecule has 4 rings (SSSR count). The maximum absolute atomic E-state index is 14.3. The van der Waals surface area contributed by atoms with Crippen molar-refractivity contribution in [3.63, 3.8) is 0 Å². The molecule has 8 heteroatoms. The number of furan rings is 1. The van der Waals surface area contributed by atoms with Crippen molar-refractivity contribution >= 4 is 17.4 Å². The van der Waals surface area contributed by atoms with Crippen molar-refractivity contribution in [3.05, 3.63) is 89.1 Å². The Morgan fingerprint density at radius 2 is 1.91 bits per heavy atom. The topological polar surface area (TPSA) is 89.2 Å². The Labute approximate surface area is 183 Å². The van der Waals surface area contributed by atoms with E-state index in [1.54, 1.807) is 36.4 Å². The third-order valence-electron chi connectivity index (χ3n) is 5.28. The van der Waals surface area contributed by atoms with Crippen LogP contribution in [0.3, 0.4) is 0 Å². The van der Waals surface area contributed by atoms with Crippen LogP contribution >= 0.6 is 0 Å². The fourth-order valence-electron chi connectivity index (χ4n) is 3.74. The molecule has 1 atom stereocenters. The van der Waals surface area contributed by atoms with Gasteiger partial charge in [-0.25, -0.2) is 4.39 Å². The Kier molecular flexibility index (Phi) is 5.68. The summed E-state index contributed by atoms with van der Waals surface area (Å²) in [6, 6.07) is 13.1. The van der Waals surface area contributed by atoms with Crippen molar-refractivity contribution in [2.75, 3.05) is 14.2 Å². The SMILES string of the molecule is COc1cccc(C2/C(=C(/O)c3ccc(OC)c(F)c3)C(=O)C(=O)N2Cc2ccco2)c1. The van der Waals surface area contributed by atoms with Crippen molar-refractivity contribution < 1.29 is 33.0 Å². The molecule has 1 aliphatic rings. The predicted octanol–water partition coefficient (Wildman–Crippen LogP) is 4.06. The van der Waals surface area contributed by atoms with Crippen molar-refractivity contribution in [2.24, 2.45) is 0 Å². The first-order chi connectivity index (χ1) is 15.4. The molecular weight excluding hydrogens is 417 g/mol. The number of hydrogen-bond acceptors (Lipinski definition) is 6. The molecule has 0 bridgehead atoms. The van der Waals surface area contributed by atoms with Gasteiger partial charge in [-0.05, 0) is 48.0 Å². The number of nitrogens with zero attached hydrogens (tertiary/aromatic N) is 1. The van der Waals surface area contributed by atoms with Crippen molar-refractivity contribution in [2.45, 2.75) is 12.6 Å². The molecule has 0 saturated carbocycles. The van der Waals surface area contributed by atoms with Crippen LogP contribution in [0.2, 0.25) is 0 Å². The normalized spacial score (nSPS) is 17.6. The lowest BCUT2D eigenvalue weighted by Gasteiger charge is -2.24. The first kappa shape index (κ1) is 21.2. The number of hydrogen-bond donors (Lipinski definition) is 1.